The molecule has 7 nitrogen and oxygen atoms in total. The van der Waals surface area contributed by atoms with E-state index in [4.69, 9.17) is 5.73 Å². The number of hydrogen-bond acceptors (Lipinski definition) is 5. The summed E-state index contributed by atoms with van der Waals surface area (Å²) in [5.41, 5.74) is 6.62. The lowest BCUT2D eigenvalue weighted by Crippen LogP contribution is -2.18. The number of amides is 1. The molecule has 1 aromatic carbocycles. The molecule has 1 amide bonds. The van der Waals surface area contributed by atoms with Crippen LogP contribution in [0.4, 0.5) is 29.2 Å². The van der Waals surface area contributed by atoms with Crippen molar-refractivity contribution in [2.45, 2.75) is 6.36 Å². The van der Waals surface area contributed by atoms with E-state index >= 15 is 0 Å². The van der Waals surface area contributed by atoms with E-state index in [1.807, 2.05) is 0 Å². The summed E-state index contributed by atoms with van der Waals surface area (Å²) in [4.78, 5) is 16.2. The van der Waals surface area contributed by atoms with Gasteiger partial charge in [-0.15, -0.1) is 13.2 Å². The number of ether oxygens (including phenoxy) is 1. The third kappa shape index (κ3) is 4.19. The number of pyridine rings is 1. The number of halogens is 4. The third-order valence-electron chi connectivity index (χ3n) is 3.69. The number of nitrogens with one attached hydrogen (secondary N) is 1. The molecule has 2 aromatic heterocycles. The molecule has 0 saturated carbocycles. The van der Waals surface area contributed by atoms with Gasteiger partial charge in [0.1, 0.15) is 17.3 Å². The molecule has 0 fully saturated rings. The number of benzene rings is 1. The van der Waals surface area contributed by atoms with Crippen molar-refractivity contribution in [3.8, 4) is 16.9 Å². The molecule has 0 aliphatic heterocycles. The van der Waals surface area contributed by atoms with E-state index < -0.39 is 23.8 Å². The lowest BCUT2D eigenvalue weighted by atomic mass is 10.1. The van der Waals surface area contributed by atoms with Gasteiger partial charge in [-0.25, -0.2) is 9.37 Å². The van der Waals surface area contributed by atoms with Crippen LogP contribution < -0.4 is 15.8 Å². The Morgan fingerprint density at radius 3 is 2.54 bits per heavy atom. The van der Waals surface area contributed by atoms with Crippen LogP contribution in [0, 0.1) is 5.82 Å². The van der Waals surface area contributed by atoms with Gasteiger partial charge in [-0.1, -0.05) is 6.07 Å². The van der Waals surface area contributed by atoms with Gasteiger partial charge in [-0.2, -0.15) is 5.10 Å². The highest BCUT2D eigenvalue weighted by molar-refractivity contribution is 6.02. The molecular weight excluding hydrogens is 382 g/mol. The summed E-state index contributed by atoms with van der Waals surface area (Å²) < 4.78 is 55.5. The smallest absolute Gasteiger partial charge is 0.403 e. The van der Waals surface area contributed by atoms with Crippen molar-refractivity contribution in [3.63, 3.8) is 0 Å². The second kappa shape index (κ2) is 7.18. The molecule has 0 saturated heterocycles. The fraction of sp³-hybridized carbons (Fsp3) is 0.118. The molecule has 0 spiro atoms. The molecule has 0 bridgehead atoms. The maximum atomic E-state index is 13.9. The SMILES string of the molecule is Cn1nccc1C(=O)Nc1ccc(-c2ccc(OC(F)(F)F)c(F)c2)c(N)n1. The molecule has 0 aliphatic carbocycles. The lowest BCUT2D eigenvalue weighted by molar-refractivity contribution is -0.275. The van der Waals surface area contributed by atoms with E-state index in [-0.39, 0.29) is 22.8 Å². The Morgan fingerprint density at radius 1 is 1.21 bits per heavy atom. The van der Waals surface area contributed by atoms with Gasteiger partial charge in [0.2, 0.25) is 0 Å². The van der Waals surface area contributed by atoms with Crippen LogP contribution in [-0.4, -0.2) is 27.0 Å². The number of carbonyl (C=O) groups excluding carboxylic acids is 1. The first-order valence-corrected chi connectivity index (χ1v) is 7.75. The molecule has 146 valence electrons. The van der Waals surface area contributed by atoms with E-state index in [1.165, 1.54) is 35.1 Å². The van der Waals surface area contributed by atoms with E-state index in [2.05, 4.69) is 20.1 Å². The Bertz CT molecular complexity index is 1030. The number of carbonyl (C=O) groups is 1. The molecule has 28 heavy (non-hydrogen) atoms. The zero-order chi connectivity index (χ0) is 20.5. The Hall–Kier alpha value is -3.63. The van der Waals surface area contributed by atoms with Crippen molar-refractivity contribution in [2.24, 2.45) is 7.05 Å². The van der Waals surface area contributed by atoms with Crippen molar-refractivity contribution in [2.75, 3.05) is 11.1 Å². The van der Waals surface area contributed by atoms with Crippen LogP contribution in [0.1, 0.15) is 10.5 Å². The van der Waals surface area contributed by atoms with Gasteiger partial charge in [0.25, 0.3) is 5.91 Å². The summed E-state index contributed by atoms with van der Waals surface area (Å²) in [6.07, 6.45) is -3.54. The highest BCUT2D eigenvalue weighted by Crippen LogP contribution is 2.32. The van der Waals surface area contributed by atoms with Crippen LogP contribution >= 0.6 is 0 Å². The van der Waals surface area contributed by atoms with Crippen molar-refractivity contribution < 1.29 is 27.1 Å². The molecule has 0 atom stereocenters. The first-order chi connectivity index (χ1) is 13.1. The molecule has 0 unspecified atom stereocenters. The Kier molecular flexibility index (Phi) is 4.91. The second-order valence-electron chi connectivity index (χ2n) is 5.62. The number of hydrogen-bond donors (Lipinski definition) is 2. The van der Waals surface area contributed by atoms with E-state index in [9.17, 15) is 22.4 Å². The van der Waals surface area contributed by atoms with Gasteiger partial charge in [0, 0.05) is 18.8 Å². The zero-order valence-electron chi connectivity index (χ0n) is 14.3. The van der Waals surface area contributed by atoms with Gasteiger partial charge < -0.3 is 15.8 Å². The molecule has 0 aliphatic rings. The van der Waals surface area contributed by atoms with Gasteiger partial charge in [0.05, 0.1) is 0 Å². The van der Waals surface area contributed by atoms with Crippen molar-refractivity contribution in [1.82, 2.24) is 14.8 Å². The van der Waals surface area contributed by atoms with E-state index in [0.29, 0.717) is 5.69 Å². The average Bonchev–Trinajstić information content (AvgIpc) is 3.02. The average molecular weight is 395 g/mol. The monoisotopic (exact) mass is 395 g/mol. The molecule has 3 N–H and O–H groups in total. The van der Waals surface area contributed by atoms with Crippen LogP contribution in [0.2, 0.25) is 0 Å². The van der Waals surface area contributed by atoms with Crippen molar-refractivity contribution >= 4 is 17.5 Å². The second-order valence-corrected chi connectivity index (χ2v) is 5.62. The standard InChI is InChI=1S/C17H13F4N5O2/c1-26-12(6-7-23-26)16(27)25-14-5-3-10(15(22)24-14)9-2-4-13(11(18)8-9)28-17(19,20)21/h2-8H,1H3,(H3,22,24,25,27). The summed E-state index contributed by atoms with van der Waals surface area (Å²) in [5, 5.41) is 6.42. The predicted molar refractivity (Wildman–Crippen MR) is 91.9 cm³/mol. The Labute approximate surface area is 155 Å². The number of rotatable bonds is 4. The van der Waals surface area contributed by atoms with Crippen LogP contribution in [0.5, 0.6) is 5.75 Å². The van der Waals surface area contributed by atoms with Crippen LogP contribution in [-0.2, 0) is 7.05 Å². The maximum absolute atomic E-state index is 13.9. The van der Waals surface area contributed by atoms with Crippen LogP contribution in [0.15, 0.2) is 42.6 Å². The molecular formula is C17H13F4N5O2. The normalized spacial score (nSPS) is 11.3. The quantitative estimate of drug-likeness (QED) is 0.661. The fourth-order valence-electron chi connectivity index (χ4n) is 2.44. The molecule has 3 aromatic rings. The molecule has 11 heteroatoms. The number of nitrogen functional groups attached to an aromatic ring is 1. The number of anilines is 2. The van der Waals surface area contributed by atoms with Gasteiger partial charge in [-0.3, -0.25) is 9.48 Å². The summed E-state index contributed by atoms with van der Waals surface area (Å²) in [6.45, 7) is 0. The highest BCUT2D eigenvalue weighted by atomic mass is 19.4. The minimum atomic E-state index is -5.00. The molecule has 3 rings (SSSR count). The number of nitrogens with two attached hydrogens (primary N) is 1. The van der Waals surface area contributed by atoms with E-state index in [0.717, 1.165) is 12.1 Å². The maximum Gasteiger partial charge on any atom is 0.573 e. The first kappa shape index (κ1) is 19.1. The van der Waals surface area contributed by atoms with Crippen molar-refractivity contribution in [3.05, 3.63) is 54.1 Å². The predicted octanol–water partition coefficient (Wildman–Crippen LogP) is 3.35. The summed E-state index contributed by atoms with van der Waals surface area (Å²) in [7, 11) is 1.60. The first-order valence-electron chi connectivity index (χ1n) is 7.75. The Balaban J connectivity index is 1.82. The zero-order valence-corrected chi connectivity index (χ0v) is 14.3. The van der Waals surface area contributed by atoms with Gasteiger partial charge in [0.15, 0.2) is 11.6 Å². The minimum absolute atomic E-state index is 0.0494. The number of alkyl halides is 3. The largest absolute Gasteiger partial charge is 0.573 e. The minimum Gasteiger partial charge on any atom is -0.403 e. The summed E-state index contributed by atoms with van der Waals surface area (Å²) in [5.74, 6) is -2.53. The third-order valence-corrected chi connectivity index (χ3v) is 3.69. The summed E-state index contributed by atoms with van der Waals surface area (Å²) >= 11 is 0. The van der Waals surface area contributed by atoms with Gasteiger partial charge in [-0.05, 0) is 35.9 Å². The number of aryl methyl sites for hydroxylation is 1. The number of nitrogens with zero attached hydrogens (tertiary/aromatic N) is 3. The highest BCUT2D eigenvalue weighted by Gasteiger charge is 2.32. The van der Waals surface area contributed by atoms with Crippen molar-refractivity contribution in [1.29, 1.82) is 0 Å². The molecule has 0 radical (unpaired) electrons. The lowest BCUT2D eigenvalue weighted by Gasteiger charge is -2.12. The topological polar surface area (TPSA) is 95.1 Å². The van der Waals surface area contributed by atoms with E-state index in [1.54, 1.807) is 7.05 Å². The number of aromatic nitrogens is 3. The Morgan fingerprint density at radius 2 is 1.96 bits per heavy atom. The fourth-order valence-corrected chi connectivity index (χ4v) is 2.44. The molecule has 2 heterocycles. The van der Waals surface area contributed by atoms with Gasteiger partial charge >= 0.3 is 6.36 Å². The van der Waals surface area contributed by atoms with Crippen LogP contribution in [0.25, 0.3) is 11.1 Å². The summed E-state index contributed by atoms with van der Waals surface area (Å²) in [6, 6.07) is 7.31. The van der Waals surface area contributed by atoms with Crippen LogP contribution in [0.3, 0.4) is 0 Å².